The van der Waals surface area contributed by atoms with E-state index in [4.69, 9.17) is 9.47 Å². The molecule has 0 aliphatic heterocycles. The summed E-state index contributed by atoms with van der Waals surface area (Å²) in [5, 5.41) is 0.901. The van der Waals surface area contributed by atoms with Crippen molar-refractivity contribution in [2.24, 2.45) is 0 Å². The minimum atomic E-state index is -0.367. The third kappa shape index (κ3) is 1.79. The molecule has 20 heavy (non-hydrogen) atoms. The first-order chi connectivity index (χ1) is 9.76. The molecule has 102 valence electrons. The van der Waals surface area contributed by atoms with Crippen LogP contribution in [-0.2, 0) is 4.74 Å². The fourth-order valence-electron chi connectivity index (χ4n) is 2.34. The number of ether oxygens (including phenoxy) is 2. The second kappa shape index (κ2) is 4.85. The highest BCUT2D eigenvalue weighted by Crippen LogP contribution is 2.28. The minimum absolute atomic E-state index is 0.335. The monoisotopic (exact) mass is 270 g/mol. The highest BCUT2D eigenvalue weighted by molar-refractivity contribution is 6.01. The Hall–Kier alpha value is -2.56. The normalized spacial score (nSPS) is 10.9. The highest BCUT2D eigenvalue weighted by Gasteiger charge is 2.17. The van der Waals surface area contributed by atoms with Gasteiger partial charge in [0.2, 0.25) is 0 Å². The van der Waals surface area contributed by atoms with Gasteiger partial charge in [-0.05, 0) is 19.1 Å². The molecule has 0 unspecified atom stereocenters. The number of fused-ring (bicyclic) bond motifs is 3. The Morgan fingerprint density at radius 2 is 2.25 bits per heavy atom. The molecule has 0 bridgehead atoms. The number of para-hydroxylation sites is 1. The van der Waals surface area contributed by atoms with E-state index in [0.717, 1.165) is 16.7 Å². The quantitative estimate of drug-likeness (QED) is 0.687. The number of hydrogen-bond acceptors (Lipinski definition) is 4. The molecule has 2 aromatic heterocycles. The summed E-state index contributed by atoms with van der Waals surface area (Å²) >= 11 is 0. The van der Waals surface area contributed by atoms with Crippen molar-refractivity contribution in [3.05, 3.63) is 42.2 Å². The Morgan fingerprint density at radius 1 is 1.40 bits per heavy atom. The van der Waals surface area contributed by atoms with Crippen LogP contribution in [0.3, 0.4) is 0 Å². The fraction of sp³-hybridized carbons (Fsp3) is 0.200. The molecule has 2 heterocycles. The first kappa shape index (κ1) is 12.5. The van der Waals surface area contributed by atoms with Crippen LogP contribution in [0, 0.1) is 0 Å². The number of benzene rings is 1. The van der Waals surface area contributed by atoms with Crippen LogP contribution in [0.2, 0.25) is 0 Å². The zero-order valence-electron chi connectivity index (χ0n) is 11.3. The number of aromatic nitrogens is 2. The van der Waals surface area contributed by atoms with E-state index in [1.165, 1.54) is 0 Å². The van der Waals surface area contributed by atoms with Gasteiger partial charge in [0, 0.05) is 17.8 Å². The maximum Gasteiger partial charge on any atom is 0.341 e. The molecular weight excluding hydrogens is 256 g/mol. The standard InChI is InChI=1S/C15H14N2O3/c1-3-20-15(18)11-9-10-5-4-6-12(19-2)13(10)17-8-7-16-14(11)17/h4-9H,3H2,1-2H3. The molecule has 3 aromatic rings. The predicted molar refractivity (Wildman–Crippen MR) is 75.2 cm³/mol. The summed E-state index contributed by atoms with van der Waals surface area (Å²) in [5.74, 6) is 0.370. The molecule has 0 saturated heterocycles. The second-order valence-corrected chi connectivity index (χ2v) is 4.30. The van der Waals surface area contributed by atoms with E-state index in [1.54, 1.807) is 26.3 Å². The van der Waals surface area contributed by atoms with Gasteiger partial charge in [0.05, 0.1) is 19.2 Å². The van der Waals surface area contributed by atoms with Crippen LogP contribution >= 0.6 is 0 Å². The lowest BCUT2D eigenvalue weighted by molar-refractivity contribution is 0.0528. The smallest absolute Gasteiger partial charge is 0.341 e. The van der Waals surface area contributed by atoms with Crippen molar-refractivity contribution in [2.75, 3.05) is 13.7 Å². The third-order valence-electron chi connectivity index (χ3n) is 3.17. The van der Waals surface area contributed by atoms with Crippen molar-refractivity contribution in [3.63, 3.8) is 0 Å². The highest BCUT2D eigenvalue weighted by atomic mass is 16.5. The molecule has 0 atom stereocenters. The number of rotatable bonds is 3. The van der Waals surface area contributed by atoms with Crippen molar-refractivity contribution >= 4 is 22.5 Å². The van der Waals surface area contributed by atoms with Gasteiger partial charge in [-0.3, -0.25) is 4.40 Å². The SMILES string of the molecule is CCOC(=O)c1cc2cccc(OC)c2n2ccnc12. The lowest BCUT2D eigenvalue weighted by Gasteiger charge is -2.10. The van der Waals surface area contributed by atoms with Gasteiger partial charge in [-0.25, -0.2) is 9.78 Å². The number of hydrogen-bond donors (Lipinski definition) is 0. The number of nitrogens with zero attached hydrogens (tertiary/aromatic N) is 2. The second-order valence-electron chi connectivity index (χ2n) is 4.30. The molecule has 0 aliphatic rings. The van der Waals surface area contributed by atoms with Gasteiger partial charge in [-0.15, -0.1) is 0 Å². The van der Waals surface area contributed by atoms with Crippen LogP contribution in [0.25, 0.3) is 16.6 Å². The van der Waals surface area contributed by atoms with E-state index < -0.39 is 0 Å². The summed E-state index contributed by atoms with van der Waals surface area (Å²) in [6, 6.07) is 7.49. The molecule has 0 radical (unpaired) electrons. The lowest BCUT2D eigenvalue weighted by Crippen LogP contribution is -2.07. The maximum atomic E-state index is 12.0. The van der Waals surface area contributed by atoms with Crippen molar-refractivity contribution < 1.29 is 14.3 Å². The fourth-order valence-corrected chi connectivity index (χ4v) is 2.34. The third-order valence-corrected chi connectivity index (χ3v) is 3.17. The molecule has 3 rings (SSSR count). The maximum absolute atomic E-state index is 12.0. The van der Waals surface area contributed by atoms with E-state index in [2.05, 4.69) is 4.98 Å². The van der Waals surface area contributed by atoms with E-state index in [9.17, 15) is 4.79 Å². The first-order valence-electron chi connectivity index (χ1n) is 6.36. The summed E-state index contributed by atoms with van der Waals surface area (Å²) in [6.45, 7) is 2.12. The van der Waals surface area contributed by atoms with Crippen LogP contribution in [-0.4, -0.2) is 29.1 Å². The molecule has 0 aliphatic carbocycles. The molecule has 0 spiro atoms. The van der Waals surface area contributed by atoms with Crippen LogP contribution in [0.5, 0.6) is 5.75 Å². The number of imidazole rings is 1. The number of pyridine rings is 1. The average molecular weight is 270 g/mol. The largest absolute Gasteiger partial charge is 0.495 e. The zero-order valence-corrected chi connectivity index (χ0v) is 11.3. The first-order valence-corrected chi connectivity index (χ1v) is 6.36. The van der Waals surface area contributed by atoms with Crippen LogP contribution < -0.4 is 4.74 Å². The number of carbonyl (C=O) groups is 1. The van der Waals surface area contributed by atoms with Gasteiger partial charge >= 0.3 is 5.97 Å². The summed E-state index contributed by atoms with van der Waals surface area (Å²) < 4.78 is 12.3. The molecule has 0 amide bonds. The minimum Gasteiger partial charge on any atom is -0.495 e. The zero-order chi connectivity index (χ0) is 14.1. The number of esters is 1. The lowest BCUT2D eigenvalue weighted by atomic mass is 10.1. The van der Waals surface area contributed by atoms with Crippen LogP contribution in [0.4, 0.5) is 0 Å². The average Bonchev–Trinajstić information content (AvgIpc) is 2.95. The van der Waals surface area contributed by atoms with Crippen LogP contribution in [0.1, 0.15) is 17.3 Å². The summed E-state index contributed by atoms with van der Waals surface area (Å²) in [6.07, 6.45) is 3.47. The molecule has 1 aromatic carbocycles. The molecular formula is C15H14N2O3. The van der Waals surface area contributed by atoms with Crippen LogP contribution in [0.15, 0.2) is 36.7 Å². The Kier molecular flexibility index (Phi) is 3.02. The van der Waals surface area contributed by atoms with Crippen molar-refractivity contribution in [2.45, 2.75) is 6.92 Å². The van der Waals surface area contributed by atoms with Crippen molar-refractivity contribution in [1.29, 1.82) is 0 Å². The number of methoxy groups -OCH3 is 1. The van der Waals surface area contributed by atoms with Gasteiger partial charge in [-0.1, -0.05) is 12.1 Å². The topological polar surface area (TPSA) is 52.8 Å². The number of carbonyl (C=O) groups excluding carboxylic acids is 1. The Labute approximate surface area is 115 Å². The van der Waals surface area contributed by atoms with Gasteiger partial charge in [0.1, 0.15) is 11.3 Å². The van der Waals surface area contributed by atoms with E-state index in [-0.39, 0.29) is 5.97 Å². The summed E-state index contributed by atoms with van der Waals surface area (Å²) in [5.41, 5.74) is 1.91. The van der Waals surface area contributed by atoms with Gasteiger partial charge in [-0.2, -0.15) is 0 Å². The summed E-state index contributed by atoms with van der Waals surface area (Å²) in [4.78, 5) is 16.3. The van der Waals surface area contributed by atoms with E-state index >= 15 is 0 Å². The molecule has 5 nitrogen and oxygen atoms in total. The van der Waals surface area contributed by atoms with Gasteiger partial charge in [0.15, 0.2) is 5.65 Å². The van der Waals surface area contributed by atoms with Crippen molar-refractivity contribution in [1.82, 2.24) is 9.38 Å². The Bertz CT molecular complexity index is 792. The summed E-state index contributed by atoms with van der Waals surface area (Å²) in [7, 11) is 1.62. The van der Waals surface area contributed by atoms with E-state index in [1.807, 2.05) is 28.8 Å². The molecule has 5 heteroatoms. The van der Waals surface area contributed by atoms with E-state index in [0.29, 0.717) is 17.8 Å². The molecule has 0 saturated carbocycles. The van der Waals surface area contributed by atoms with Gasteiger partial charge in [0.25, 0.3) is 0 Å². The Morgan fingerprint density at radius 3 is 3.00 bits per heavy atom. The molecule has 0 N–H and O–H groups in total. The van der Waals surface area contributed by atoms with Crippen molar-refractivity contribution in [3.8, 4) is 5.75 Å². The predicted octanol–water partition coefficient (Wildman–Crippen LogP) is 2.67. The molecule has 0 fully saturated rings. The van der Waals surface area contributed by atoms with Gasteiger partial charge < -0.3 is 9.47 Å². The Balaban J connectivity index is 2.38.